The SMILES string of the molecule is CCNC(=NCCN1CCOCC1)N1CCC(c2ccc(OC)cc2)C1. The van der Waals surface area contributed by atoms with Gasteiger partial charge in [0.15, 0.2) is 5.96 Å². The number of hydrogen-bond acceptors (Lipinski definition) is 4. The van der Waals surface area contributed by atoms with Gasteiger partial charge in [0.05, 0.1) is 26.9 Å². The molecule has 1 aromatic rings. The van der Waals surface area contributed by atoms with Gasteiger partial charge in [0.1, 0.15) is 5.75 Å². The molecule has 0 bridgehead atoms. The molecule has 144 valence electrons. The van der Waals surface area contributed by atoms with Gasteiger partial charge in [-0.3, -0.25) is 9.89 Å². The second-order valence-electron chi connectivity index (χ2n) is 6.89. The Morgan fingerprint density at radius 1 is 1.23 bits per heavy atom. The van der Waals surface area contributed by atoms with Gasteiger partial charge in [-0.2, -0.15) is 0 Å². The lowest BCUT2D eigenvalue weighted by Crippen LogP contribution is -2.41. The van der Waals surface area contributed by atoms with Crippen molar-refractivity contribution in [1.82, 2.24) is 15.1 Å². The molecule has 2 aliphatic heterocycles. The van der Waals surface area contributed by atoms with Crippen molar-refractivity contribution in [1.29, 1.82) is 0 Å². The summed E-state index contributed by atoms with van der Waals surface area (Å²) in [4.78, 5) is 9.71. The van der Waals surface area contributed by atoms with E-state index in [0.717, 1.165) is 70.7 Å². The van der Waals surface area contributed by atoms with Crippen LogP contribution in [0.1, 0.15) is 24.8 Å². The summed E-state index contributed by atoms with van der Waals surface area (Å²) in [7, 11) is 1.71. The predicted octanol–water partition coefficient (Wildman–Crippen LogP) is 1.78. The highest BCUT2D eigenvalue weighted by Crippen LogP contribution is 2.28. The van der Waals surface area contributed by atoms with Crippen LogP contribution in [0.4, 0.5) is 0 Å². The maximum Gasteiger partial charge on any atom is 0.193 e. The quantitative estimate of drug-likeness (QED) is 0.619. The molecule has 2 aliphatic rings. The van der Waals surface area contributed by atoms with Crippen molar-refractivity contribution in [2.45, 2.75) is 19.3 Å². The average Bonchev–Trinajstić information content (AvgIpc) is 3.18. The van der Waals surface area contributed by atoms with Gasteiger partial charge in [-0.1, -0.05) is 12.1 Å². The molecule has 1 aromatic carbocycles. The maximum atomic E-state index is 5.41. The van der Waals surface area contributed by atoms with E-state index in [1.54, 1.807) is 7.11 Å². The van der Waals surface area contributed by atoms with Gasteiger partial charge in [0.2, 0.25) is 0 Å². The van der Waals surface area contributed by atoms with Gasteiger partial charge < -0.3 is 19.7 Å². The van der Waals surface area contributed by atoms with Crippen molar-refractivity contribution in [2.24, 2.45) is 4.99 Å². The first-order valence-electron chi connectivity index (χ1n) is 9.77. The van der Waals surface area contributed by atoms with E-state index in [1.807, 2.05) is 0 Å². The summed E-state index contributed by atoms with van der Waals surface area (Å²) < 4.78 is 10.7. The van der Waals surface area contributed by atoms with Gasteiger partial charge in [0.25, 0.3) is 0 Å². The molecule has 6 heteroatoms. The molecule has 6 nitrogen and oxygen atoms in total. The van der Waals surface area contributed by atoms with Crippen molar-refractivity contribution in [3.05, 3.63) is 29.8 Å². The zero-order chi connectivity index (χ0) is 18.2. The van der Waals surface area contributed by atoms with Crippen LogP contribution >= 0.6 is 0 Å². The number of nitrogens with one attached hydrogen (secondary N) is 1. The van der Waals surface area contributed by atoms with E-state index in [4.69, 9.17) is 14.5 Å². The van der Waals surface area contributed by atoms with Crippen LogP contribution < -0.4 is 10.1 Å². The molecule has 1 unspecified atom stereocenters. The molecular weight excluding hydrogens is 328 g/mol. The van der Waals surface area contributed by atoms with Crippen molar-refractivity contribution in [2.75, 3.05) is 66.1 Å². The average molecular weight is 361 g/mol. The van der Waals surface area contributed by atoms with Crippen LogP contribution in [-0.2, 0) is 4.74 Å². The van der Waals surface area contributed by atoms with Crippen molar-refractivity contribution < 1.29 is 9.47 Å². The van der Waals surface area contributed by atoms with Gasteiger partial charge in [-0.25, -0.2) is 0 Å². The minimum absolute atomic E-state index is 0.559. The summed E-state index contributed by atoms with van der Waals surface area (Å²) in [5.41, 5.74) is 1.39. The molecule has 2 fully saturated rings. The van der Waals surface area contributed by atoms with Gasteiger partial charge >= 0.3 is 0 Å². The largest absolute Gasteiger partial charge is 0.497 e. The molecule has 0 aliphatic carbocycles. The number of benzene rings is 1. The van der Waals surface area contributed by atoms with Crippen molar-refractivity contribution in [3.63, 3.8) is 0 Å². The first kappa shape index (κ1) is 19.0. The molecule has 0 spiro atoms. The molecule has 26 heavy (non-hydrogen) atoms. The Kier molecular flexibility index (Phi) is 7.14. The monoisotopic (exact) mass is 360 g/mol. The Bertz CT molecular complexity index is 570. The second kappa shape index (κ2) is 9.78. The molecule has 2 heterocycles. The topological polar surface area (TPSA) is 49.3 Å². The Balaban J connectivity index is 1.54. The van der Waals surface area contributed by atoms with Crippen molar-refractivity contribution in [3.8, 4) is 5.75 Å². The minimum Gasteiger partial charge on any atom is -0.497 e. The van der Waals surface area contributed by atoms with Crippen LogP contribution in [0.25, 0.3) is 0 Å². The molecule has 1 N–H and O–H groups in total. The third kappa shape index (κ3) is 5.11. The molecule has 0 amide bonds. The highest BCUT2D eigenvalue weighted by atomic mass is 16.5. The molecule has 0 saturated carbocycles. The predicted molar refractivity (Wildman–Crippen MR) is 105 cm³/mol. The van der Waals surface area contributed by atoms with Crippen LogP contribution in [0.3, 0.4) is 0 Å². The number of aliphatic imine (C=N–C) groups is 1. The van der Waals surface area contributed by atoms with E-state index in [-0.39, 0.29) is 0 Å². The highest BCUT2D eigenvalue weighted by molar-refractivity contribution is 5.80. The lowest BCUT2D eigenvalue weighted by Gasteiger charge is -2.26. The number of methoxy groups -OCH3 is 1. The van der Waals surface area contributed by atoms with E-state index >= 15 is 0 Å². The Morgan fingerprint density at radius 2 is 2.00 bits per heavy atom. The lowest BCUT2D eigenvalue weighted by atomic mass is 9.98. The fourth-order valence-corrected chi connectivity index (χ4v) is 3.65. The summed E-state index contributed by atoms with van der Waals surface area (Å²) >= 11 is 0. The fourth-order valence-electron chi connectivity index (χ4n) is 3.65. The summed E-state index contributed by atoms with van der Waals surface area (Å²) in [6, 6.07) is 8.49. The smallest absolute Gasteiger partial charge is 0.193 e. The Labute approximate surface area is 157 Å². The van der Waals surface area contributed by atoms with Crippen LogP contribution in [0, 0.1) is 0 Å². The van der Waals surface area contributed by atoms with E-state index in [2.05, 4.69) is 46.3 Å². The van der Waals surface area contributed by atoms with Crippen LogP contribution in [0.5, 0.6) is 5.75 Å². The molecule has 0 aromatic heterocycles. The maximum absolute atomic E-state index is 5.41. The van der Waals surface area contributed by atoms with E-state index < -0.39 is 0 Å². The van der Waals surface area contributed by atoms with Gasteiger partial charge in [0, 0.05) is 45.2 Å². The third-order valence-corrected chi connectivity index (χ3v) is 5.19. The first-order chi connectivity index (χ1) is 12.8. The molecule has 0 radical (unpaired) electrons. The zero-order valence-corrected chi connectivity index (χ0v) is 16.1. The number of rotatable bonds is 6. The Hall–Kier alpha value is -1.79. The van der Waals surface area contributed by atoms with Crippen LogP contribution in [0.2, 0.25) is 0 Å². The second-order valence-corrected chi connectivity index (χ2v) is 6.89. The normalized spacial score (nSPS) is 21.8. The summed E-state index contributed by atoms with van der Waals surface area (Å²) in [6.07, 6.45) is 1.17. The number of morpholine rings is 1. The van der Waals surface area contributed by atoms with E-state index in [0.29, 0.717) is 5.92 Å². The molecule has 2 saturated heterocycles. The number of guanidine groups is 1. The zero-order valence-electron chi connectivity index (χ0n) is 16.1. The third-order valence-electron chi connectivity index (χ3n) is 5.19. The highest BCUT2D eigenvalue weighted by Gasteiger charge is 2.26. The van der Waals surface area contributed by atoms with Crippen molar-refractivity contribution >= 4 is 5.96 Å². The van der Waals surface area contributed by atoms with Crippen LogP contribution in [0.15, 0.2) is 29.3 Å². The summed E-state index contributed by atoms with van der Waals surface area (Å²) in [5.74, 6) is 2.53. The number of ether oxygens (including phenoxy) is 2. The van der Waals surface area contributed by atoms with Gasteiger partial charge in [-0.05, 0) is 31.0 Å². The minimum atomic E-state index is 0.559. The summed E-state index contributed by atoms with van der Waals surface area (Å²) in [5, 5.41) is 3.47. The molecule has 3 rings (SSSR count). The Morgan fingerprint density at radius 3 is 2.69 bits per heavy atom. The fraction of sp³-hybridized carbons (Fsp3) is 0.650. The van der Waals surface area contributed by atoms with Gasteiger partial charge in [-0.15, -0.1) is 0 Å². The van der Waals surface area contributed by atoms with E-state index in [9.17, 15) is 0 Å². The standard InChI is InChI=1S/C20H32N4O2/c1-3-21-20(22-9-11-23-12-14-26-15-13-23)24-10-8-18(16-24)17-4-6-19(25-2)7-5-17/h4-7,18H,3,8-16H2,1-2H3,(H,21,22). The lowest BCUT2D eigenvalue weighted by molar-refractivity contribution is 0.0394. The number of nitrogens with zero attached hydrogens (tertiary/aromatic N) is 3. The first-order valence-corrected chi connectivity index (χ1v) is 9.77. The summed E-state index contributed by atoms with van der Waals surface area (Å²) in [6.45, 7) is 10.7. The van der Waals surface area contributed by atoms with E-state index in [1.165, 1.54) is 12.0 Å². The molecule has 1 atom stereocenters. The van der Waals surface area contributed by atoms with Crippen LogP contribution in [-0.4, -0.2) is 81.9 Å². The number of hydrogen-bond donors (Lipinski definition) is 1. The number of likely N-dealkylation sites (tertiary alicyclic amines) is 1. The molecular formula is C20H32N4O2.